The fourth-order valence-electron chi connectivity index (χ4n) is 2.30. The van der Waals surface area contributed by atoms with E-state index in [0.717, 1.165) is 15.8 Å². The summed E-state index contributed by atoms with van der Waals surface area (Å²) in [6.07, 6.45) is 2.02. The van der Waals surface area contributed by atoms with Gasteiger partial charge in [0.05, 0.1) is 10.2 Å². The molecule has 0 spiro atoms. The first-order valence-electron chi connectivity index (χ1n) is 8.18. The molecule has 0 fully saturated rings. The maximum atomic E-state index is 12.0. The second kappa shape index (κ2) is 8.40. The molecule has 1 aromatic heterocycles. The molecule has 0 saturated carbocycles. The van der Waals surface area contributed by atoms with Crippen LogP contribution in [0.15, 0.2) is 60.7 Å². The number of aromatic nitrogens is 1. The quantitative estimate of drug-likeness (QED) is 0.535. The largest absolute Gasteiger partial charge is 0.449 e. The molecule has 0 aliphatic carbocycles. The van der Waals surface area contributed by atoms with Gasteiger partial charge in [0.1, 0.15) is 5.01 Å². The highest BCUT2D eigenvalue weighted by Gasteiger charge is 2.16. The second-order valence-corrected chi connectivity index (χ2v) is 6.70. The molecule has 1 atom stereocenters. The molecule has 3 rings (SSSR count). The van der Waals surface area contributed by atoms with Crippen LogP contribution in [0.25, 0.3) is 16.3 Å². The van der Waals surface area contributed by atoms with Crippen LogP contribution in [0.1, 0.15) is 17.5 Å². The van der Waals surface area contributed by atoms with Crippen molar-refractivity contribution in [2.24, 2.45) is 0 Å². The number of hydrogen-bond donors (Lipinski definition) is 1. The van der Waals surface area contributed by atoms with Crippen molar-refractivity contribution in [3.63, 3.8) is 0 Å². The molecule has 3 aromatic rings. The SMILES string of the molecule is C[C@@H](OC(=O)/C=C/c1nc2ccccc2s1)C(=O)NCc1ccccc1. The topological polar surface area (TPSA) is 68.3 Å². The molecule has 0 unspecified atom stereocenters. The Labute approximate surface area is 155 Å². The summed E-state index contributed by atoms with van der Waals surface area (Å²) in [7, 11) is 0. The summed E-state index contributed by atoms with van der Waals surface area (Å²) in [6, 6.07) is 17.3. The number of hydrogen-bond acceptors (Lipinski definition) is 5. The lowest BCUT2D eigenvalue weighted by Gasteiger charge is -2.12. The van der Waals surface area contributed by atoms with Crippen LogP contribution < -0.4 is 5.32 Å². The van der Waals surface area contributed by atoms with Crippen LogP contribution in [0.3, 0.4) is 0 Å². The van der Waals surface area contributed by atoms with Gasteiger partial charge in [0.2, 0.25) is 0 Å². The van der Waals surface area contributed by atoms with Crippen LogP contribution in [0.4, 0.5) is 0 Å². The highest BCUT2D eigenvalue weighted by molar-refractivity contribution is 7.19. The molecule has 2 aromatic carbocycles. The van der Waals surface area contributed by atoms with Crippen molar-refractivity contribution < 1.29 is 14.3 Å². The molecular weight excluding hydrogens is 348 g/mol. The Bertz CT molecular complexity index is 901. The van der Waals surface area contributed by atoms with Crippen molar-refractivity contribution in [2.75, 3.05) is 0 Å². The first-order chi connectivity index (χ1) is 12.6. The molecule has 1 heterocycles. The first-order valence-corrected chi connectivity index (χ1v) is 8.99. The molecule has 1 N–H and O–H groups in total. The number of carbonyl (C=O) groups excluding carboxylic acids is 2. The molecule has 1 amide bonds. The van der Waals surface area contributed by atoms with E-state index in [1.807, 2.05) is 54.6 Å². The van der Waals surface area contributed by atoms with E-state index in [9.17, 15) is 9.59 Å². The maximum Gasteiger partial charge on any atom is 0.331 e. The van der Waals surface area contributed by atoms with Gasteiger partial charge < -0.3 is 10.1 Å². The molecule has 0 aliphatic heterocycles. The fourth-order valence-corrected chi connectivity index (χ4v) is 3.17. The lowest BCUT2D eigenvalue weighted by atomic mass is 10.2. The summed E-state index contributed by atoms with van der Waals surface area (Å²) < 4.78 is 6.19. The van der Waals surface area contributed by atoms with Crippen molar-refractivity contribution >= 4 is 39.5 Å². The minimum Gasteiger partial charge on any atom is -0.449 e. The van der Waals surface area contributed by atoms with Crippen LogP contribution in [0.5, 0.6) is 0 Å². The summed E-state index contributed by atoms with van der Waals surface area (Å²) in [5.41, 5.74) is 1.87. The van der Waals surface area contributed by atoms with Gasteiger partial charge in [-0.2, -0.15) is 0 Å². The zero-order valence-electron chi connectivity index (χ0n) is 14.2. The molecule has 26 heavy (non-hydrogen) atoms. The van der Waals surface area contributed by atoms with E-state index in [1.165, 1.54) is 17.4 Å². The highest BCUT2D eigenvalue weighted by Crippen LogP contribution is 2.22. The Hall–Kier alpha value is -2.99. The van der Waals surface area contributed by atoms with Gasteiger partial charge in [0.15, 0.2) is 6.10 Å². The number of ether oxygens (including phenoxy) is 1. The van der Waals surface area contributed by atoms with E-state index in [0.29, 0.717) is 11.6 Å². The fraction of sp³-hybridized carbons (Fsp3) is 0.150. The van der Waals surface area contributed by atoms with E-state index >= 15 is 0 Å². The third-order valence-electron chi connectivity index (χ3n) is 3.64. The van der Waals surface area contributed by atoms with Crippen molar-refractivity contribution in [1.29, 1.82) is 0 Å². The third kappa shape index (κ3) is 4.77. The van der Waals surface area contributed by atoms with Crippen LogP contribution in [0, 0.1) is 0 Å². The number of benzene rings is 2. The van der Waals surface area contributed by atoms with Crippen LogP contribution >= 0.6 is 11.3 Å². The van der Waals surface area contributed by atoms with Gasteiger partial charge in [-0.25, -0.2) is 9.78 Å². The number of esters is 1. The summed E-state index contributed by atoms with van der Waals surface area (Å²) in [6.45, 7) is 1.94. The summed E-state index contributed by atoms with van der Waals surface area (Å²) in [5.74, 6) is -0.915. The van der Waals surface area contributed by atoms with Crippen molar-refractivity contribution in [3.8, 4) is 0 Å². The molecule has 0 saturated heterocycles. The third-order valence-corrected chi connectivity index (χ3v) is 4.65. The number of amides is 1. The predicted octanol–water partition coefficient (Wildman–Crippen LogP) is 3.56. The number of nitrogens with one attached hydrogen (secondary N) is 1. The lowest BCUT2D eigenvalue weighted by molar-refractivity contribution is -0.150. The molecule has 0 bridgehead atoms. The monoisotopic (exact) mass is 366 g/mol. The van der Waals surface area contributed by atoms with Crippen LogP contribution in [-0.4, -0.2) is 23.0 Å². The molecule has 0 radical (unpaired) electrons. The van der Waals surface area contributed by atoms with Gasteiger partial charge in [0, 0.05) is 12.6 Å². The van der Waals surface area contributed by atoms with Gasteiger partial charge in [-0.15, -0.1) is 11.3 Å². The van der Waals surface area contributed by atoms with Crippen molar-refractivity contribution in [2.45, 2.75) is 19.6 Å². The normalized spacial score (nSPS) is 12.2. The summed E-state index contributed by atoms with van der Waals surface area (Å²) in [4.78, 5) is 28.3. The Morgan fingerprint density at radius 2 is 1.88 bits per heavy atom. The van der Waals surface area contributed by atoms with Gasteiger partial charge in [-0.05, 0) is 30.7 Å². The maximum absolute atomic E-state index is 12.0. The Balaban J connectivity index is 1.50. The average molecular weight is 366 g/mol. The molecule has 5 nitrogen and oxygen atoms in total. The smallest absolute Gasteiger partial charge is 0.331 e. The number of thiazole rings is 1. The Morgan fingerprint density at radius 1 is 1.15 bits per heavy atom. The van der Waals surface area contributed by atoms with Crippen LogP contribution in [-0.2, 0) is 20.9 Å². The van der Waals surface area contributed by atoms with E-state index in [2.05, 4.69) is 10.3 Å². The standard InChI is InChI=1S/C20H18N2O3S/c1-14(20(24)21-13-15-7-3-2-4-8-15)25-19(23)12-11-18-22-16-9-5-6-10-17(16)26-18/h2-12,14H,13H2,1H3,(H,21,24)/b12-11+/t14-/m1/s1. The average Bonchev–Trinajstić information content (AvgIpc) is 3.08. The lowest BCUT2D eigenvalue weighted by Crippen LogP contribution is -2.35. The van der Waals surface area contributed by atoms with Gasteiger partial charge in [0.25, 0.3) is 5.91 Å². The second-order valence-electron chi connectivity index (χ2n) is 5.64. The van der Waals surface area contributed by atoms with Crippen molar-refractivity contribution in [1.82, 2.24) is 10.3 Å². The van der Waals surface area contributed by atoms with E-state index in [1.54, 1.807) is 13.0 Å². The van der Waals surface area contributed by atoms with E-state index in [4.69, 9.17) is 4.74 Å². The number of carbonyl (C=O) groups is 2. The number of rotatable bonds is 6. The summed E-state index contributed by atoms with van der Waals surface area (Å²) in [5, 5.41) is 3.46. The van der Waals surface area contributed by atoms with Gasteiger partial charge in [-0.3, -0.25) is 4.79 Å². The zero-order valence-corrected chi connectivity index (χ0v) is 15.0. The number of para-hydroxylation sites is 1. The predicted molar refractivity (Wildman–Crippen MR) is 102 cm³/mol. The molecule has 6 heteroatoms. The molecule has 132 valence electrons. The van der Waals surface area contributed by atoms with Gasteiger partial charge in [-0.1, -0.05) is 42.5 Å². The Kier molecular flexibility index (Phi) is 5.76. The number of nitrogens with zero attached hydrogens (tertiary/aromatic N) is 1. The number of fused-ring (bicyclic) bond motifs is 1. The molecular formula is C20H18N2O3S. The van der Waals surface area contributed by atoms with Gasteiger partial charge >= 0.3 is 5.97 Å². The first kappa shape index (κ1) is 17.8. The summed E-state index contributed by atoms with van der Waals surface area (Å²) >= 11 is 1.49. The minimum absolute atomic E-state index is 0.337. The van der Waals surface area contributed by atoms with E-state index in [-0.39, 0.29) is 5.91 Å². The van der Waals surface area contributed by atoms with Crippen molar-refractivity contribution in [3.05, 3.63) is 71.2 Å². The van der Waals surface area contributed by atoms with E-state index < -0.39 is 12.1 Å². The molecule has 0 aliphatic rings. The highest BCUT2D eigenvalue weighted by atomic mass is 32.1. The van der Waals surface area contributed by atoms with Crippen LogP contribution in [0.2, 0.25) is 0 Å². The Morgan fingerprint density at radius 3 is 2.65 bits per heavy atom. The minimum atomic E-state index is -0.869. The zero-order chi connectivity index (χ0) is 18.4.